The molecule has 1 heterocycles. The molecule has 0 aromatic heterocycles. The molecule has 0 saturated carbocycles. The van der Waals surface area contributed by atoms with Gasteiger partial charge in [0.2, 0.25) is 0 Å². The van der Waals surface area contributed by atoms with E-state index in [9.17, 15) is 9.90 Å². The van der Waals surface area contributed by atoms with Crippen LogP contribution in [0.15, 0.2) is 0 Å². The number of hydrogen-bond acceptors (Lipinski definition) is 3. The molecule has 2 N–H and O–H groups in total. The van der Waals surface area contributed by atoms with Crippen LogP contribution < -0.4 is 5.32 Å². The number of carbonyl (C=O) groups excluding carboxylic acids is 1. The minimum Gasteiger partial charge on any atom is -0.392 e. The fraction of sp³-hybridized carbons (Fsp3) is 0.889. The van der Waals surface area contributed by atoms with Crippen LogP contribution in [-0.2, 0) is 4.79 Å². The van der Waals surface area contributed by atoms with E-state index >= 15 is 0 Å². The monoisotopic (exact) mass is 207 g/mol. The molecule has 78 valence electrons. The second kappa shape index (κ2) is 7.30. The lowest BCUT2D eigenvalue weighted by molar-refractivity contribution is -0.119. The van der Waals surface area contributed by atoms with Gasteiger partial charge in [-0.05, 0) is 12.8 Å². The molecular weight excluding hydrogens is 190 g/mol. The van der Waals surface area contributed by atoms with Crippen LogP contribution in [0.25, 0.3) is 0 Å². The number of halogens is 1. The molecule has 0 aliphatic carbocycles. The molecule has 0 aromatic carbocycles. The maximum absolute atomic E-state index is 11.1. The fourth-order valence-electron chi connectivity index (χ4n) is 1.43. The maximum atomic E-state index is 11.1. The fourth-order valence-corrected chi connectivity index (χ4v) is 1.43. The van der Waals surface area contributed by atoms with Gasteiger partial charge in [0.25, 0.3) is 0 Å². The molecule has 0 amide bonds. The third-order valence-electron chi connectivity index (χ3n) is 2.20. The van der Waals surface area contributed by atoms with E-state index in [0.29, 0.717) is 25.2 Å². The number of β-amino-alcohol motifs (C(OH)–C–C–N with tert-alkyl or cyclic N) is 1. The van der Waals surface area contributed by atoms with Crippen molar-refractivity contribution in [1.29, 1.82) is 0 Å². The van der Waals surface area contributed by atoms with Crippen molar-refractivity contribution in [2.24, 2.45) is 0 Å². The lowest BCUT2D eigenvalue weighted by atomic mass is 10.1. The van der Waals surface area contributed by atoms with Crippen molar-refractivity contribution in [3.63, 3.8) is 0 Å². The quantitative estimate of drug-likeness (QED) is 0.621. The van der Waals surface area contributed by atoms with Gasteiger partial charge in [0.05, 0.1) is 6.10 Å². The molecule has 1 aliphatic heterocycles. The zero-order valence-corrected chi connectivity index (χ0v) is 8.61. The summed E-state index contributed by atoms with van der Waals surface area (Å²) in [5, 5.41) is 12.4. The third-order valence-corrected chi connectivity index (χ3v) is 2.20. The van der Waals surface area contributed by atoms with Crippen LogP contribution in [0, 0.1) is 0 Å². The van der Waals surface area contributed by atoms with Crippen molar-refractivity contribution in [3.05, 3.63) is 0 Å². The maximum Gasteiger partial charge on any atom is 0.134 e. The summed E-state index contributed by atoms with van der Waals surface area (Å²) in [6.07, 6.45) is 3.81. The molecule has 1 rings (SSSR count). The Balaban J connectivity index is 0.00000144. The SMILES string of the molecule is Cl.O=C1CCCCC(O)CNCC1. The number of ketones is 1. The number of carbonyl (C=O) groups is 1. The van der Waals surface area contributed by atoms with Gasteiger partial charge in [0, 0.05) is 25.9 Å². The summed E-state index contributed by atoms with van der Waals surface area (Å²) in [7, 11) is 0. The Morgan fingerprint density at radius 3 is 2.85 bits per heavy atom. The first kappa shape index (κ1) is 12.9. The highest BCUT2D eigenvalue weighted by atomic mass is 35.5. The first-order valence-electron chi connectivity index (χ1n) is 4.69. The smallest absolute Gasteiger partial charge is 0.134 e. The molecule has 1 saturated heterocycles. The summed E-state index contributed by atoms with van der Waals surface area (Å²) < 4.78 is 0. The molecule has 0 radical (unpaired) electrons. The van der Waals surface area contributed by atoms with E-state index < -0.39 is 0 Å². The number of Topliss-reactive ketones (excluding diaryl/α,β-unsaturated/α-hetero) is 1. The second-order valence-corrected chi connectivity index (χ2v) is 3.39. The van der Waals surface area contributed by atoms with E-state index in [1.54, 1.807) is 0 Å². The highest BCUT2D eigenvalue weighted by Crippen LogP contribution is 2.06. The number of nitrogens with one attached hydrogen (secondary N) is 1. The summed E-state index contributed by atoms with van der Waals surface area (Å²) in [6.45, 7) is 1.35. The molecule has 0 aromatic rings. The summed E-state index contributed by atoms with van der Waals surface area (Å²) >= 11 is 0. The van der Waals surface area contributed by atoms with Gasteiger partial charge in [-0.15, -0.1) is 12.4 Å². The Kier molecular flexibility index (Phi) is 7.23. The Morgan fingerprint density at radius 1 is 1.31 bits per heavy atom. The first-order valence-corrected chi connectivity index (χ1v) is 4.69. The predicted molar refractivity (Wildman–Crippen MR) is 54.2 cm³/mol. The number of rotatable bonds is 0. The average Bonchev–Trinajstić information content (AvgIpc) is 2.06. The zero-order chi connectivity index (χ0) is 8.81. The highest BCUT2D eigenvalue weighted by Gasteiger charge is 2.08. The number of aliphatic hydroxyl groups is 1. The zero-order valence-electron chi connectivity index (χ0n) is 7.79. The molecular formula is C9H18ClNO2. The molecule has 3 nitrogen and oxygen atoms in total. The van der Waals surface area contributed by atoms with Gasteiger partial charge < -0.3 is 10.4 Å². The van der Waals surface area contributed by atoms with E-state index in [-0.39, 0.29) is 18.5 Å². The summed E-state index contributed by atoms with van der Waals surface area (Å²) in [4.78, 5) is 11.1. The lowest BCUT2D eigenvalue weighted by Crippen LogP contribution is -2.29. The summed E-state index contributed by atoms with van der Waals surface area (Å²) in [6, 6.07) is 0. The van der Waals surface area contributed by atoms with Crippen LogP contribution in [0.2, 0.25) is 0 Å². The van der Waals surface area contributed by atoms with Gasteiger partial charge in [0.15, 0.2) is 0 Å². The predicted octanol–water partition coefficient (Wildman–Crippen LogP) is 0.892. The van der Waals surface area contributed by atoms with Crippen molar-refractivity contribution in [3.8, 4) is 0 Å². The topological polar surface area (TPSA) is 49.3 Å². The third kappa shape index (κ3) is 6.02. The minimum atomic E-state index is -0.224. The van der Waals surface area contributed by atoms with Gasteiger partial charge in [-0.1, -0.05) is 6.42 Å². The molecule has 13 heavy (non-hydrogen) atoms. The van der Waals surface area contributed by atoms with Gasteiger partial charge in [-0.25, -0.2) is 0 Å². The Labute approximate surface area is 85.3 Å². The van der Waals surface area contributed by atoms with Gasteiger partial charge in [0.1, 0.15) is 5.78 Å². The largest absolute Gasteiger partial charge is 0.392 e. The average molecular weight is 208 g/mol. The van der Waals surface area contributed by atoms with Crippen molar-refractivity contribution < 1.29 is 9.90 Å². The normalized spacial score (nSPS) is 26.2. The van der Waals surface area contributed by atoms with E-state index in [1.165, 1.54) is 0 Å². The van der Waals surface area contributed by atoms with Gasteiger partial charge >= 0.3 is 0 Å². The van der Waals surface area contributed by atoms with Crippen LogP contribution in [0.3, 0.4) is 0 Å². The molecule has 0 bridgehead atoms. The number of hydrogen-bond donors (Lipinski definition) is 2. The van der Waals surface area contributed by atoms with Crippen LogP contribution in [0.1, 0.15) is 32.1 Å². The standard InChI is InChI=1S/C9H17NO2.ClH/c11-8-3-1-2-4-9(12)7-10-6-5-8;/h9-10,12H,1-7H2;1H. The highest BCUT2D eigenvalue weighted by molar-refractivity contribution is 5.85. The molecule has 4 heteroatoms. The van der Waals surface area contributed by atoms with Crippen LogP contribution in [-0.4, -0.2) is 30.1 Å². The Hall–Kier alpha value is -0.120. The molecule has 1 unspecified atom stereocenters. The van der Waals surface area contributed by atoms with Gasteiger partial charge in [-0.2, -0.15) is 0 Å². The minimum absolute atomic E-state index is 0. The Morgan fingerprint density at radius 2 is 2.08 bits per heavy atom. The van der Waals surface area contributed by atoms with Gasteiger partial charge in [-0.3, -0.25) is 4.79 Å². The molecule has 0 spiro atoms. The van der Waals surface area contributed by atoms with E-state index in [1.807, 2.05) is 0 Å². The van der Waals surface area contributed by atoms with E-state index in [0.717, 1.165) is 25.8 Å². The lowest BCUT2D eigenvalue weighted by Gasteiger charge is -2.13. The van der Waals surface area contributed by atoms with E-state index in [4.69, 9.17) is 0 Å². The summed E-state index contributed by atoms with van der Waals surface area (Å²) in [5.41, 5.74) is 0. The molecule has 1 atom stereocenters. The first-order chi connectivity index (χ1) is 5.79. The summed E-state index contributed by atoms with van der Waals surface area (Å²) in [5.74, 6) is 0.346. The van der Waals surface area contributed by atoms with Crippen molar-refractivity contribution in [2.75, 3.05) is 13.1 Å². The van der Waals surface area contributed by atoms with Crippen molar-refractivity contribution >= 4 is 18.2 Å². The molecule has 1 fully saturated rings. The number of aliphatic hydroxyl groups excluding tert-OH is 1. The van der Waals surface area contributed by atoms with Crippen molar-refractivity contribution in [1.82, 2.24) is 5.32 Å². The Bertz CT molecular complexity index is 139. The van der Waals surface area contributed by atoms with Crippen LogP contribution in [0.4, 0.5) is 0 Å². The second-order valence-electron chi connectivity index (χ2n) is 3.39. The van der Waals surface area contributed by atoms with Crippen LogP contribution >= 0.6 is 12.4 Å². The van der Waals surface area contributed by atoms with E-state index in [2.05, 4.69) is 5.32 Å². The molecule has 1 aliphatic rings. The van der Waals surface area contributed by atoms with Crippen molar-refractivity contribution in [2.45, 2.75) is 38.2 Å². The van der Waals surface area contributed by atoms with Crippen LogP contribution in [0.5, 0.6) is 0 Å².